The number of rotatable bonds is 5. The van der Waals surface area contributed by atoms with Crippen LogP contribution in [0.25, 0.3) is 111 Å². The van der Waals surface area contributed by atoms with Gasteiger partial charge in [-0.1, -0.05) is 133 Å². The molecule has 0 aliphatic carbocycles. The summed E-state index contributed by atoms with van der Waals surface area (Å²) in [6.45, 7) is 0. The summed E-state index contributed by atoms with van der Waals surface area (Å²) in [4.78, 5) is 13.3. The second-order valence-corrected chi connectivity index (χ2v) is 12.1. The molecule has 12 rings (SSSR count). The Hall–Kier alpha value is -7.83. The minimum absolute atomic E-state index is 0.390. The van der Waals surface area contributed by atoms with E-state index in [1.54, 1.807) is 0 Å². The molecule has 12 aromatic rings. The van der Waals surface area contributed by atoms with Gasteiger partial charge in [-0.25, -0.2) is 4.98 Å². The van der Waals surface area contributed by atoms with Gasteiger partial charge in [0.2, 0.25) is 5.95 Å². The van der Waals surface area contributed by atoms with Gasteiger partial charge in [-0.2, -0.15) is 9.97 Å². The highest BCUT2D eigenvalue weighted by molar-refractivity contribution is 6.10. The van der Waals surface area contributed by atoms with Crippen LogP contribution in [0.3, 0.4) is 0 Å². The number of para-hydroxylation sites is 5. The van der Waals surface area contributed by atoms with Gasteiger partial charge in [0.1, 0.15) is 11.2 Å². The Morgan fingerprint density at radius 3 is 1.47 bits per heavy atom. The monoisotopic (exact) mass is 760 g/mol. The maximum Gasteiger partial charge on any atom is 0.238 e. The van der Waals surface area contributed by atoms with Crippen LogP contribution in [-0.4, -0.2) is 24.1 Å². The molecule has 0 saturated heterocycles. The topological polar surface area (TPSA) is 61.7 Å². The van der Waals surface area contributed by atoms with Crippen molar-refractivity contribution in [1.82, 2.24) is 24.1 Å². The van der Waals surface area contributed by atoms with Gasteiger partial charge in [-0.3, -0.25) is 4.57 Å². The van der Waals surface area contributed by atoms with E-state index in [4.69, 9.17) is 34.6 Å². The Bertz CT molecular complexity index is 5180. The fraction of sp³-hybridized carbons (Fsp3) is 0. The molecule has 0 saturated carbocycles. The van der Waals surface area contributed by atoms with Crippen LogP contribution in [-0.2, 0) is 0 Å². The lowest BCUT2D eigenvalue weighted by Crippen LogP contribution is -2.06. The average Bonchev–Trinajstić information content (AvgIpc) is 1.55. The molecule has 0 bridgehead atoms. The summed E-state index contributed by atoms with van der Waals surface area (Å²) < 4.78 is 285. The molecule has 57 heavy (non-hydrogen) atoms. The minimum atomic E-state index is -1.16. The molecule has 0 spiro atoms. The van der Waals surface area contributed by atoms with Crippen LogP contribution in [0.5, 0.6) is 0 Å². The molecule has 266 valence electrons. The highest BCUT2D eigenvalue weighted by atomic mass is 16.3. The number of nitrogens with zero attached hydrogens (tertiary/aromatic N) is 5. The summed E-state index contributed by atoms with van der Waals surface area (Å²) in [5, 5.41) is -2.83. The van der Waals surface area contributed by atoms with E-state index in [9.17, 15) is 12.3 Å². The zero-order valence-electron chi connectivity index (χ0n) is 59.1. The van der Waals surface area contributed by atoms with E-state index in [2.05, 4.69) is 15.0 Å². The molecular weight excluding hydrogens is 699 g/mol. The van der Waals surface area contributed by atoms with Crippen LogP contribution in [0.15, 0.2) is 192 Å². The number of benzene rings is 8. The van der Waals surface area contributed by atoms with E-state index in [0.717, 1.165) is 4.57 Å². The second kappa shape index (κ2) is 12.3. The molecule has 0 aliphatic rings. The SMILES string of the molecule is [2H]c1c([2H])c(-c2c([2H])c([2H])c(-c3nc(-c4c([2H])c([2H])c5c(oc6c([2H])c([2H])c([2H])c([2H])c65)c4[2H])nc(-n4c5c([2H])c([2H])c([2H])c([2H])c5c5c([2H])c([2H])c([2H])c([2H])c54)n3)c([2H])c2[2H])c([2H])c(-n2c3c([2H])c([2H])c([2H])c([2H])c3c3c([2H])c([2H])c([2H])c([2H])c32)c1[2H]. The lowest BCUT2D eigenvalue weighted by Gasteiger charge is -2.12. The second-order valence-electron chi connectivity index (χ2n) is 12.1. The molecular formula is C51H31N5O. The van der Waals surface area contributed by atoms with Crippen LogP contribution in [0, 0.1) is 0 Å². The summed E-state index contributed by atoms with van der Waals surface area (Å²) in [6.07, 6.45) is 0. The first-order valence-corrected chi connectivity index (χ1v) is 16.6. The zero-order valence-corrected chi connectivity index (χ0v) is 28.1. The fourth-order valence-corrected chi connectivity index (χ4v) is 6.48. The zero-order chi connectivity index (χ0) is 64.4. The molecule has 0 amide bonds. The highest BCUT2D eigenvalue weighted by Gasteiger charge is 2.19. The van der Waals surface area contributed by atoms with E-state index < -0.39 is 298 Å². The van der Waals surface area contributed by atoms with Gasteiger partial charge in [0.15, 0.2) is 11.6 Å². The van der Waals surface area contributed by atoms with Gasteiger partial charge in [0.05, 0.1) is 64.6 Å². The summed E-state index contributed by atoms with van der Waals surface area (Å²) in [6, 6.07) is -28.2. The Morgan fingerprint density at radius 1 is 0.351 bits per heavy atom. The normalized spacial score (nSPS) is 19.5. The number of furan rings is 1. The van der Waals surface area contributed by atoms with Gasteiger partial charge < -0.3 is 8.98 Å². The molecule has 6 heteroatoms. The predicted molar refractivity (Wildman–Crippen MR) is 232 cm³/mol. The lowest BCUT2D eigenvalue weighted by atomic mass is 10.0. The van der Waals surface area contributed by atoms with E-state index in [-0.39, 0.29) is 0 Å². The highest BCUT2D eigenvalue weighted by Crippen LogP contribution is 2.36. The van der Waals surface area contributed by atoms with Crippen LogP contribution >= 0.6 is 0 Å². The van der Waals surface area contributed by atoms with E-state index >= 15 is 0 Å². The number of hydrogen-bond donors (Lipinski definition) is 0. The van der Waals surface area contributed by atoms with Crippen molar-refractivity contribution in [3.8, 4) is 45.5 Å². The van der Waals surface area contributed by atoms with Gasteiger partial charge in [-0.05, 0) is 65.5 Å². The van der Waals surface area contributed by atoms with Crippen molar-refractivity contribution in [2.24, 2.45) is 0 Å². The molecule has 0 N–H and O–H groups in total. The molecule has 8 aromatic carbocycles. The van der Waals surface area contributed by atoms with Crippen molar-refractivity contribution >= 4 is 65.6 Å². The maximum absolute atomic E-state index is 9.70. The maximum atomic E-state index is 9.70. The van der Waals surface area contributed by atoms with E-state index in [1.807, 2.05) is 0 Å². The van der Waals surface area contributed by atoms with Gasteiger partial charge in [-0.15, -0.1) is 0 Å². The number of fused-ring (bicyclic) bond motifs is 9. The fourth-order valence-electron chi connectivity index (χ4n) is 6.48. The van der Waals surface area contributed by atoms with Crippen LogP contribution in [0.2, 0.25) is 0 Å². The molecule has 0 fully saturated rings. The molecule has 0 radical (unpaired) electrons. The first-order chi connectivity index (χ1) is 41.2. The third-order valence-corrected chi connectivity index (χ3v) is 8.93. The third-order valence-electron chi connectivity index (χ3n) is 8.93. The van der Waals surface area contributed by atoms with Crippen LogP contribution in [0.1, 0.15) is 42.5 Å². The summed E-state index contributed by atoms with van der Waals surface area (Å²) in [7, 11) is 0. The van der Waals surface area contributed by atoms with E-state index in [0.29, 0.717) is 4.57 Å². The van der Waals surface area contributed by atoms with Crippen molar-refractivity contribution < 1.29 is 46.9 Å². The minimum Gasteiger partial charge on any atom is -0.456 e. The number of aromatic nitrogens is 5. The van der Waals surface area contributed by atoms with Gasteiger partial charge in [0.25, 0.3) is 0 Å². The van der Waals surface area contributed by atoms with E-state index in [1.165, 1.54) is 0 Å². The Kier molecular flexibility index (Phi) is 2.97. The molecule has 4 heterocycles. The third kappa shape index (κ3) is 4.94. The molecule has 6 nitrogen and oxygen atoms in total. The summed E-state index contributed by atoms with van der Waals surface area (Å²) in [5.74, 6) is -2.78. The average molecular weight is 761 g/mol. The van der Waals surface area contributed by atoms with Gasteiger partial charge >= 0.3 is 0 Å². The van der Waals surface area contributed by atoms with Crippen molar-refractivity contribution in [3.63, 3.8) is 0 Å². The smallest absolute Gasteiger partial charge is 0.238 e. The Balaban J connectivity index is 1.21. The van der Waals surface area contributed by atoms with Crippen molar-refractivity contribution in [2.45, 2.75) is 0 Å². The standard InChI is InChI=1S/C51H31N5O/c1-6-19-43-37(14-1)38-15-2-7-20-44(38)55(43)36-13-11-12-34(30-36)32-24-26-33(27-25-32)49-52-50(35-28-29-42-41-18-5-10-23-47(41)57-48(42)31-35)54-51(53-49)56-45-21-8-3-16-39(45)40-17-4-9-22-46(40)56/h1-31H/i1D,2D,3D,4D,5D,6D,7D,8D,9D,10D,11D,12D,13D,14D,15D,16D,17D,18D,19D,20D,21D,22D,23D,24D,25D,26D,27D,28D,29D,30D,31D. The molecule has 0 unspecified atom stereocenters. The van der Waals surface area contributed by atoms with Crippen molar-refractivity contribution in [2.75, 3.05) is 0 Å². The molecule has 0 atom stereocenters. The van der Waals surface area contributed by atoms with Crippen molar-refractivity contribution in [1.29, 1.82) is 0 Å². The van der Waals surface area contributed by atoms with Gasteiger partial charge in [0, 0.05) is 49.1 Å². The van der Waals surface area contributed by atoms with Crippen LogP contribution < -0.4 is 0 Å². The Morgan fingerprint density at radius 2 is 0.842 bits per heavy atom. The summed E-state index contributed by atoms with van der Waals surface area (Å²) >= 11 is 0. The number of hydrogen-bond acceptors (Lipinski definition) is 4. The van der Waals surface area contributed by atoms with Crippen LogP contribution in [0.4, 0.5) is 0 Å². The van der Waals surface area contributed by atoms with Crippen molar-refractivity contribution in [3.05, 3.63) is 187 Å². The lowest BCUT2D eigenvalue weighted by molar-refractivity contribution is 0.669. The predicted octanol–water partition coefficient (Wildman–Crippen LogP) is 13.0. The first-order valence-electron chi connectivity index (χ1n) is 32.1. The largest absolute Gasteiger partial charge is 0.456 e. The Labute approximate surface area is 370 Å². The molecule has 4 aromatic heterocycles. The molecule has 0 aliphatic heterocycles. The quantitative estimate of drug-likeness (QED) is 0.175. The first kappa shape index (κ1) is 13.7. The summed E-state index contributed by atoms with van der Waals surface area (Å²) in [5.41, 5.74) is -8.05.